The third-order valence-corrected chi connectivity index (χ3v) is 4.39. The summed E-state index contributed by atoms with van der Waals surface area (Å²) in [5, 5.41) is 3.56. The van der Waals surface area contributed by atoms with Gasteiger partial charge < -0.3 is 4.90 Å². The van der Waals surface area contributed by atoms with Gasteiger partial charge >= 0.3 is 0 Å². The monoisotopic (exact) mass is 364 g/mol. The Morgan fingerprint density at radius 1 is 1.48 bits per heavy atom. The number of carbonyl (C=O) groups is 1. The van der Waals surface area contributed by atoms with Crippen molar-refractivity contribution < 1.29 is 17.4 Å². The zero-order valence-corrected chi connectivity index (χ0v) is 14.9. The summed E-state index contributed by atoms with van der Waals surface area (Å²) in [6, 6.07) is 6.12. The van der Waals surface area contributed by atoms with E-state index in [4.69, 9.17) is 9.71 Å². The van der Waals surface area contributed by atoms with E-state index in [9.17, 15) is 13.2 Å². The van der Waals surface area contributed by atoms with E-state index in [1.165, 1.54) is 0 Å². The molecule has 1 atom stereocenters. The van der Waals surface area contributed by atoms with E-state index in [2.05, 4.69) is 10.0 Å². The molecule has 134 valence electrons. The number of azide groups is 1. The van der Waals surface area contributed by atoms with Gasteiger partial charge in [-0.2, -0.15) is 8.42 Å². The van der Waals surface area contributed by atoms with E-state index in [1.807, 2.05) is 13.0 Å². The van der Waals surface area contributed by atoms with Gasteiger partial charge in [0.2, 0.25) is 0 Å². The van der Waals surface area contributed by atoms with Crippen molar-refractivity contribution in [1.29, 1.82) is 0 Å². The van der Waals surface area contributed by atoms with Crippen LogP contribution in [-0.4, -0.2) is 44.7 Å². The average molecular weight is 364 g/mol. The summed E-state index contributed by atoms with van der Waals surface area (Å²) in [5.74, 6) is -0.315. The molecule has 1 aliphatic heterocycles. The molecule has 25 heavy (non-hydrogen) atoms. The number of benzene rings is 1. The molecule has 1 aromatic carbocycles. The maximum Gasteiger partial charge on any atom is 0.264 e. The molecule has 9 heteroatoms. The van der Waals surface area contributed by atoms with Crippen LogP contribution < -0.4 is 0 Å². The van der Waals surface area contributed by atoms with Gasteiger partial charge in [0, 0.05) is 17.0 Å². The van der Waals surface area contributed by atoms with Gasteiger partial charge in [0.05, 0.1) is 24.6 Å². The summed E-state index contributed by atoms with van der Waals surface area (Å²) in [7, 11) is -3.60. The Balaban J connectivity index is 2.31. The first-order valence-electron chi connectivity index (χ1n) is 7.83. The van der Waals surface area contributed by atoms with Crippen LogP contribution in [0.25, 0.3) is 10.4 Å². The Hall–Kier alpha value is -2.35. The van der Waals surface area contributed by atoms with Crippen molar-refractivity contribution >= 4 is 21.7 Å². The molecule has 0 saturated carbocycles. The van der Waals surface area contributed by atoms with Crippen LogP contribution in [0.2, 0.25) is 0 Å². The highest BCUT2D eigenvalue weighted by molar-refractivity contribution is 7.85. The van der Waals surface area contributed by atoms with Crippen molar-refractivity contribution in [3.8, 4) is 0 Å². The van der Waals surface area contributed by atoms with Crippen LogP contribution in [0.15, 0.2) is 41.0 Å². The summed E-state index contributed by atoms with van der Waals surface area (Å²) < 4.78 is 27.5. The van der Waals surface area contributed by atoms with Crippen LogP contribution in [-0.2, 0) is 14.3 Å². The fraction of sp³-hybridized carbons (Fsp3) is 0.438. The number of rotatable bonds is 6. The first kappa shape index (κ1) is 19.0. The second kappa shape index (κ2) is 8.15. The minimum atomic E-state index is -3.60. The average Bonchev–Trinajstić information content (AvgIpc) is 2.96. The van der Waals surface area contributed by atoms with Gasteiger partial charge in [0.25, 0.3) is 16.0 Å². The first-order chi connectivity index (χ1) is 11.9. The summed E-state index contributed by atoms with van der Waals surface area (Å²) in [5.41, 5.74) is 10.2. The maximum absolute atomic E-state index is 12.9. The van der Waals surface area contributed by atoms with E-state index >= 15 is 0 Å². The van der Waals surface area contributed by atoms with Crippen LogP contribution in [0.1, 0.15) is 30.1 Å². The third-order valence-electron chi connectivity index (χ3n) is 3.83. The van der Waals surface area contributed by atoms with E-state index in [1.54, 1.807) is 29.2 Å². The molecular weight excluding hydrogens is 344 g/mol. The Bertz CT molecular complexity index is 828. The zero-order chi connectivity index (χ0) is 18.4. The van der Waals surface area contributed by atoms with Crippen molar-refractivity contribution in [2.75, 3.05) is 19.4 Å². The molecule has 1 aliphatic rings. The Morgan fingerprint density at radius 2 is 2.20 bits per heavy atom. The molecule has 1 heterocycles. The molecule has 0 N–H and O–H groups in total. The van der Waals surface area contributed by atoms with E-state index in [0.29, 0.717) is 13.0 Å². The number of nitrogens with zero attached hydrogens (tertiary/aromatic N) is 4. The lowest BCUT2D eigenvalue weighted by molar-refractivity contribution is 0.0697. The van der Waals surface area contributed by atoms with Crippen LogP contribution in [0.4, 0.5) is 5.69 Å². The van der Waals surface area contributed by atoms with Crippen molar-refractivity contribution in [2.24, 2.45) is 5.11 Å². The number of allylic oxidation sites excluding steroid dienone is 1. The molecule has 0 bridgehead atoms. The number of hydrogen-bond donors (Lipinski definition) is 0. The van der Waals surface area contributed by atoms with E-state index < -0.39 is 10.1 Å². The van der Waals surface area contributed by atoms with Gasteiger partial charge in [-0.15, -0.1) is 0 Å². The zero-order valence-electron chi connectivity index (χ0n) is 14.1. The molecule has 1 fully saturated rings. The molecule has 1 aromatic rings. The number of amides is 1. The summed E-state index contributed by atoms with van der Waals surface area (Å²) in [4.78, 5) is 17.3. The summed E-state index contributed by atoms with van der Waals surface area (Å²) in [6.45, 7) is 2.29. The van der Waals surface area contributed by atoms with Gasteiger partial charge in [-0.25, -0.2) is 0 Å². The Kier molecular flexibility index (Phi) is 6.19. The van der Waals surface area contributed by atoms with E-state index in [-0.39, 0.29) is 29.8 Å². The fourth-order valence-electron chi connectivity index (χ4n) is 2.80. The predicted molar refractivity (Wildman–Crippen MR) is 93.9 cm³/mol. The summed E-state index contributed by atoms with van der Waals surface area (Å²) in [6.07, 6.45) is 4.39. The SMILES string of the molecule is CC/C=C1/C[C@@H](COS(C)(=O)=O)N(C(=O)c2ccccc2N=[N+]=[N-])C1. The van der Waals surface area contributed by atoms with Crippen molar-refractivity contribution in [3.05, 3.63) is 51.9 Å². The van der Waals surface area contributed by atoms with Gasteiger partial charge in [0.1, 0.15) is 0 Å². The van der Waals surface area contributed by atoms with Crippen LogP contribution in [0, 0.1) is 0 Å². The molecule has 0 spiro atoms. The molecule has 2 rings (SSSR count). The lowest BCUT2D eigenvalue weighted by Gasteiger charge is -2.24. The number of carbonyl (C=O) groups excluding carboxylic acids is 1. The molecule has 0 aromatic heterocycles. The molecule has 1 amide bonds. The second-order valence-corrected chi connectivity index (χ2v) is 7.40. The minimum absolute atomic E-state index is 0.102. The molecule has 1 saturated heterocycles. The Labute approximate surface area is 146 Å². The largest absolute Gasteiger partial charge is 0.329 e. The van der Waals surface area contributed by atoms with Crippen molar-refractivity contribution in [3.63, 3.8) is 0 Å². The van der Waals surface area contributed by atoms with Crippen molar-refractivity contribution in [2.45, 2.75) is 25.8 Å². The third kappa shape index (κ3) is 5.06. The van der Waals surface area contributed by atoms with Gasteiger partial charge in [0.15, 0.2) is 0 Å². The summed E-state index contributed by atoms with van der Waals surface area (Å²) >= 11 is 0. The standard InChI is InChI=1S/C16H20N4O4S/c1-3-6-12-9-13(11-24-25(2,22)23)20(10-12)16(21)14-7-4-5-8-15(14)18-19-17/h4-8,13H,3,9-11H2,1-2H3/b12-6-/t13-/m0/s1. The topological polar surface area (TPSA) is 112 Å². The van der Waals surface area contributed by atoms with E-state index in [0.717, 1.165) is 18.2 Å². The fourth-order valence-corrected chi connectivity index (χ4v) is 3.20. The highest BCUT2D eigenvalue weighted by Crippen LogP contribution is 2.28. The van der Waals surface area contributed by atoms with Gasteiger partial charge in [-0.3, -0.25) is 8.98 Å². The molecule has 8 nitrogen and oxygen atoms in total. The lowest BCUT2D eigenvalue weighted by Crippen LogP contribution is -2.38. The maximum atomic E-state index is 12.9. The highest BCUT2D eigenvalue weighted by Gasteiger charge is 2.33. The Morgan fingerprint density at radius 3 is 2.84 bits per heavy atom. The van der Waals surface area contributed by atoms with Crippen LogP contribution >= 0.6 is 0 Å². The normalized spacial score (nSPS) is 19.0. The second-order valence-electron chi connectivity index (χ2n) is 5.76. The quantitative estimate of drug-likeness (QED) is 0.254. The van der Waals surface area contributed by atoms with Crippen molar-refractivity contribution in [1.82, 2.24) is 4.90 Å². The first-order valence-corrected chi connectivity index (χ1v) is 9.64. The molecular formula is C16H20N4O4S. The smallest absolute Gasteiger partial charge is 0.264 e. The minimum Gasteiger partial charge on any atom is -0.329 e. The molecule has 0 aliphatic carbocycles. The lowest BCUT2D eigenvalue weighted by atomic mass is 10.1. The highest BCUT2D eigenvalue weighted by atomic mass is 32.2. The van der Waals surface area contributed by atoms with Gasteiger partial charge in [-0.05, 0) is 24.4 Å². The van der Waals surface area contributed by atoms with Gasteiger partial charge in [-0.1, -0.05) is 41.9 Å². The number of likely N-dealkylation sites (tertiary alicyclic amines) is 1. The molecule has 0 radical (unpaired) electrons. The van der Waals surface area contributed by atoms with Crippen LogP contribution in [0.5, 0.6) is 0 Å². The van der Waals surface area contributed by atoms with Crippen LogP contribution in [0.3, 0.4) is 0 Å². The number of hydrogen-bond acceptors (Lipinski definition) is 5. The molecule has 0 unspecified atom stereocenters. The predicted octanol–water partition coefficient (Wildman–Crippen LogP) is 3.16.